The average molecular weight is 231 g/mol. The third-order valence-corrected chi connectivity index (χ3v) is 2.42. The van der Waals surface area contributed by atoms with Gasteiger partial charge < -0.3 is 10.6 Å². The van der Waals surface area contributed by atoms with E-state index in [0.717, 1.165) is 25.2 Å². The first-order valence-electron chi connectivity index (χ1n) is 4.84. The van der Waals surface area contributed by atoms with Gasteiger partial charge in [0.25, 0.3) is 0 Å². The van der Waals surface area contributed by atoms with E-state index in [0.29, 0.717) is 12.3 Å². The minimum absolute atomic E-state index is 0. The van der Waals surface area contributed by atoms with Crippen LogP contribution >= 0.6 is 12.4 Å². The van der Waals surface area contributed by atoms with Crippen LogP contribution < -0.4 is 10.6 Å². The molecule has 0 aromatic carbocycles. The second-order valence-corrected chi connectivity index (χ2v) is 3.60. The van der Waals surface area contributed by atoms with Crippen LogP contribution in [0, 0.1) is 5.92 Å². The number of carbonyl (C=O) groups excluding carboxylic acids is 1. The molecule has 0 unspecified atom stereocenters. The minimum Gasteiger partial charge on any atom is -0.323 e. The number of hydrogen-bond donors (Lipinski definition) is 3. The predicted molar refractivity (Wildman–Crippen MR) is 60.1 cm³/mol. The first-order chi connectivity index (χ1) is 6.84. The van der Waals surface area contributed by atoms with Crippen LogP contribution in [0.25, 0.3) is 0 Å². The highest BCUT2D eigenvalue weighted by atomic mass is 35.5. The van der Waals surface area contributed by atoms with Gasteiger partial charge in [0.1, 0.15) is 0 Å². The van der Waals surface area contributed by atoms with Crippen LogP contribution in [-0.4, -0.2) is 29.2 Å². The normalized spacial score (nSPS) is 19.6. The van der Waals surface area contributed by atoms with Gasteiger partial charge in [0.2, 0.25) is 5.91 Å². The predicted octanol–water partition coefficient (Wildman–Crippen LogP) is 0.770. The first kappa shape index (κ1) is 12.0. The smallest absolute Gasteiger partial charge is 0.224 e. The van der Waals surface area contributed by atoms with E-state index in [4.69, 9.17) is 0 Å². The SMILES string of the molecule is Cl.O=C(C[C@@H]1CCNC1)Nc1cn[nH]c1. The largest absolute Gasteiger partial charge is 0.323 e. The molecule has 1 atom stereocenters. The molecule has 6 heteroatoms. The van der Waals surface area contributed by atoms with Gasteiger partial charge in [0.15, 0.2) is 0 Å². The number of rotatable bonds is 3. The summed E-state index contributed by atoms with van der Waals surface area (Å²) < 4.78 is 0. The summed E-state index contributed by atoms with van der Waals surface area (Å²) >= 11 is 0. The Morgan fingerprint density at radius 2 is 2.53 bits per heavy atom. The number of H-pyrrole nitrogens is 1. The molecule has 1 aromatic heterocycles. The quantitative estimate of drug-likeness (QED) is 0.719. The number of nitrogens with zero attached hydrogens (tertiary/aromatic N) is 1. The van der Waals surface area contributed by atoms with Gasteiger partial charge in [0, 0.05) is 12.6 Å². The Hall–Kier alpha value is -1.07. The van der Waals surface area contributed by atoms with E-state index in [1.54, 1.807) is 12.4 Å². The maximum atomic E-state index is 11.5. The van der Waals surface area contributed by atoms with Crippen molar-refractivity contribution in [3.8, 4) is 0 Å². The van der Waals surface area contributed by atoms with E-state index >= 15 is 0 Å². The summed E-state index contributed by atoms with van der Waals surface area (Å²) in [7, 11) is 0. The highest BCUT2D eigenvalue weighted by Gasteiger charge is 2.17. The number of carbonyl (C=O) groups is 1. The van der Waals surface area contributed by atoms with Crippen LogP contribution in [0.4, 0.5) is 5.69 Å². The standard InChI is InChI=1S/C9H14N4O.ClH/c14-9(3-7-1-2-10-4-7)13-8-5-11-12-6-8;/h5-7,10H,1-4H2,(H,11,12)(H,13,14);1H/t7-;/m0./s1. The molecular weight excluding hydrogens is 216 g/mol. The van der Waals surface area contributed by atoms with E-state index in [1.807, 2.05) is 0 Å². The summed E-state index contributed by atoms with van der Waals surface area (Å²) in [5.41, 5.74) is 0.737. The number of aromatic amines is 1. The Morgan fingerprint density at radius 1 is 1.67 bits per heavy atom. The van der Waals surface area contributed by atoms with E-state index in [1.165, 1.54) is 0 Å². The molecule has 1 fully saturated rings. The van der Waals surface area contributed by atoms with Crippen molar-refractivity contribution in [1.82, 2.24) is 15.5 Å². The molecular formula is C9H15ClN4O. The molecule has 5 nitrogen and oxygen atoms in total. The van der Waals surface area contributed by atoms with Crippen LogP contribution in [0.2, 0.25) is 0 Å². The Labute approximate surface area is 94.4 Å². The van der Waals surface area contributed by atoms with Gasteiger partial charge in [-0.2, -0.15) is 5.10 Å². The Bertz CT molecular complexity index is 295. The zero-order valence-corrected chi connectivity index (χ0v) is 9.14. The molecule has 0 spiro atoms. The monoisotopic (exact) mass is 230 g/mol. The molecule has 0 bridgehead atoms. The summed E-state index contributed by atoms with van der Waals surface area (Å²) in [5, 5.41) is 12.4. The lowest BCUT2D eigenvalue weighted by atomic mass is 10.0. The number of halogens is 1. The lowest BCUT2D eigenvalue weighted by molar-refractivity contribution is -0.116. The first-order valence-corrected chi connectivity index (χ1v) is 4.84. The average Bonchev–Trinajstić information content (AvgIpc) is 2.76. The minimum atomic E-state index is 0. The molecule has 0 saturated carbocycles. The van der Waals surface area contributed by atoms with Gasteiger partial charge in [-0.1, -0.05) is 0 Å². The number of amides is 1. The maximum Gasteiger partial charge on any atom is 0.224 e. The van der Waals surface area contributed by atoms with Crippen molar-refractivity contribution in [3.05, 3.63) is 12.4 Å². The zero-order chi connectivity index (χ0) is 9.80. The highest BCUT2D eigenvalue weighted by Crippen LogP contribution is 2.13. The Morgan fingerprint density at radius 3 is 3.13 bits per heavy atom. The zero-order valence-electron chi connectivity index (χ0n) is 8.32. The van der Waals surface area contributed by atoms with E-state index < -0.39 is 0 Å². The molecule has 1 saturated heterocycles. The van der Waals surface area contributed by atoms with E-state index in [-0.39, 0.29) is 18.3 Å². The molecule has 84 valence electrons. The third kappa shape index (κ3) is 3.53. The van der Waals surface area contributed by atoms with Gasteiger partial charge in [-0.05, 0) is 25.4 Å². The Kier molecular flexibility index (Phi) is 4.58. The fourth-order valence-corrected chi connectivity index (χ4v) is 1.68. The lowest BCUT2D eigenvalue weighted by Crippen LogP contribution is -2.18. The number of aromatic nitrogens is 2. The van der Waals surface area contributed by atoms with Gasteiger partial charge in [0.05, 0.1) is 11.9 Å². The van der Waals surface area contributed by atoms with E-state index in [2.05, 4.69) is 20.8 Å². The van der Waals surface area contributed by atoms with Crippen LogP contribution in [0.3, 0.4) is 0 Å². The molecule has 3 N–H and O–H groups in total. The van der Waals surface area contributed by atoms with Gasteiger partial charge >= 0.3 is 0 Å². The fraction of sp³-hybridized carbons (Fsp3) is 0.556. The number of hydrogen-bond acceptors (Lipinski definition) is 3. The van der Waals surface area contributed by atoms with Crippen LogP contribution in [-0.2, 0) is 4.79 Å². The molecule has 0 aliphatic carbocycles. The van der Waals surface area contributed by atoms with Crippen molar-refractivity contribution in [2.75, 3.05) is 18.4 Å². The molecule has 15 heavy (non-hydrogen) atoms. The van der Waals surface area contributed by atoms with Crippen LogP contribution in [0.5, 0.6) is 0 Å². The molecule has 1 amide bonds. The van der Waals surface area contributed by atoms with Crippen molar-refractivity contribution in [2.24, 2.45) is 5.92 Å². The van der Waals surface area contributed by atoms with Crippen LogP contribution in [0.1, 0.15) is 12.8 Å². The summed E-state index contributed by atoms with van der Waals surface area (Å²) in [6.45, 7) is 1.99. The highest BCUT2D eigenvalue weighted by molar-refractivity contribution is 5.90. The summed E-state index contributed by atoms with van der Waals surface area (Å²) in [4.78, 5) is 11.5. The molecule has 2 heterocycles. The summed E-state index contributed by atoms with van der Waals surface area (Å²) in [6, 6.07) is 0. The molecule has 1 aromatic rings. The van der Waals surface area contributed by atoms with Crippen molar-refractivity contribution < 1.29 is 4.79 Å². The number of anilines is 1. The summed E-state index contributed by atoms with van der Waals surface area (Å²) in [6.07, 6.45) is 4.96. The van der Waals surface area contributed by atoms with Gasteiger partial charge in [-0.3, -0.25) is 9.89 Å². The topological polar surface area (TPSA) is 69.8 Å². The maximum absolute atomic E-state index is 11.5. The van der Waals surface area contributed by atoms with Crippen molar-refractivity contribution in [3.63, 3.8) is 0 Å². The van der Waals surface area contributed by atoms with Crippen molar-refractivity contribution in [1.29, 1.82) is 0 Å². The molecule has 1 aliphatic rings. The molecule has 2 rings (SSSR count). The third-order valence-electron chi connectivity index (χ3n) is 2.42. The van der Waals surface area contributed by atoms with Gasteiger partial charge in [-0.15, -0.1) is 12.4 Å². The molecule has 1 aliphatic heterocycles. The summed E-state index contributed by atoms with van der Waals surface area (Å²) in [5.74, 6) is 0.557. The lowest BCUT2D eigenvalue weighted by Gasteiger charge is -2.07. The second kappa shape index (κ2) is 5.72. The van der Waals surface area contributed by atoms with Gasteiger partial charge in [-0.25, -0.2) is 0 Å². The van der Waals surface area contributed by atoms with Crippen molar-refractivity contribution in [2.45, 2.75) is 12.8 Å². The van der Waals surface area contributed by atoms with E-state index in [9.17, 15) is 4.79 Å². The Balaban J connectivity index is 0.00000112. The fourth-order valence-electron chi connectivity index (χ4n) is 1.68. The van der Waals surface area contributed by atoms with Crippen molar-refractivity contribution >= 4 is 24.0 Å². The van der Waals surface area contributed by atoms with Crippen LogP contribution in [0.15, 0.2) is 12.4 Å². The molecule has 0 radical (unpaired) electrons. The number of nitrogens with one attached hydrogen (secondary N) is 3. The second-order valence-electron chi connectivity index (χ2n) is 3.60.